The molecule has 2 N–H and O–H groups in total. The van der Waals surface area contributed by atoms with E-state index in [0.29, 0.717) is 5.76 Å². The molecule has 9 nitrogen and oxygen atoms in total. The van der Waals surface area contributed by atoms with Crippen molar-refractivity contribution in [3.8, 4) is 5.75 Å². The van der Waals surface area contributed by atoms with Crippen LogP contribution < -0.4 is 15.6 Å². The first-order valence-corrected chi connectivity index (χ1v) is 9.39. The number of hydrogen-bond acceptors (Lipinski definition) is 6. The van der Waals surface area contributed by atoms with Gasteiger partial charge in [-0.3, -0.25) is 10.2 Å². The van der Waals surface area contributed by atoms with Crippen molar-refractivity contribution < 1.29 is 36.7 Å². The summed E-state index contributed by atoms with van der Waals surface area (Å²) in [5, 5.41) is 0.312. The summed E-state index contributed by atoms with van der Waals surface area (Å²) in [6.45, 7) is -0.381. The van der Waals surface area contributed by atoms with Gasteiger partial charge in [-0.25, -0.2) is 15.2 Å². The number of rotatable bonds is 6. The second-order valence-corrected chi connectivity index (χ2v) is 6.75. The van der Waals surface area contributed by atoms with E-state index in [1.807, 2.05) is 10.9 Å². The van der Waals surface area contributed by atoms with Gasteiger partial charge in [-0.15, -0.1) is 13.2 Å². The van der Waals surface area contributed by atoms with E-state index in [1.165, 1.54) is 41.2 Å². The maximum Gasteiger partial charge on any atom is 0.573 e. The topological polar surface area (TPSA) is 108 Å². The first kappa shape index (κ1) is 23.3. The molecule has 0 aliphatic heterocycles. The average molecular weight is 493 g/mol. The summed E-state index contributed by atoms with van der Waals surface area (Å²) in [6, 6.07) is 8.01. The number of benzene rings is 1. The Morgan fingerprint density at radius 2 is 1.88 bits per heavy atom. The zero-order valence-electron chi connectivity index (χ0n) is 15.8. The molecule has 0 fully saturated rings. The van der Waals surface area contributed by atoms with Gasteiger partial charge in [0.05, 0.1) is 12.9 Å². The first-order valence-electron chi connectivity index (χ1n) is 8.64. The van der Waals surface area contributed by atoms with Gasteiger partial charge >= 0.3 is 18.4 Å². The van der Waals surface area contributed by atoms with Crippen LogP contribution in [0.4, 0.5) is 18.0 Å². The highest BCUT2D eigenvalue weighted by atomic mass is 35.5. The van der Waals surface area contributed by atoms with Crippen LogP contribution in [0.3, 0.4) is 0 Å². The third kappa shape index (κ3) is 6.31. The molecule has 3 rings (SSSR count). The number of imidazole rings is 1. The van der Waals surface area contributed by atoms with E-state index in [0.717, 1.165) is 6.07 Å². The number of nitrogens with one attached hydrogen (secondary N) is 2. The summed E-state index contributed by atoms with van der Waals surface area (Å²) in [5.74, 6) is -1.09. The lowest BCUT2D eigenvalue weighted by Gasteiger charge is -2.13. The SMILES string of the molecule is O=C(NNC(=O)c1ccc(Cn2cnc(Cl)c2Cl)o1)OCc1ccccc1OC(F)(F)F. The molecule has 0 aliphatic carbocycles. The van der Waals surface area contributed by atoms with Crippen molar-refractivity contribution >= 4 is 35.2 Å². The Morgan fingerprint density at radius 1 is 1.12 bits per heavy atom. The minimum absolute atomic E-state index is 0.0276. The van der Waals surface area contributed by atoms with E-state index in [1.54, 1.807) is 0 Å². The van der Waals surface area contributed by atoms with Gasteiger partial charge in [0.2, 0.25) is 0 Å². The third-order valence-electron chi connectivity index (χ3n) is 3.78. The van der Waals surface area contributed by atoms with Gasteiger partial charge in [-0.05, 0) is 18.2 Å². The van der Waals surface area contributed by atoms with Crippen molar-refractivity contribution in [2.45, 2.75) is 19.5 Å². The predicted octanol–water partition coefficient (Wildman–Crippen LogP) is 4.30. The van der Waals surface area contributed by atoms with Crippen LogP contribution in [0.5, 0.6) is 5.75 Å². The van der Waals surface area contributed by atoms with Crippen LogP contribution in [0.25, 0.3) is 0 Å². The molecule has 0 saturated heterocycles. The highest BCUT2D eigenvalue weighted by Crippen LogP contribution is 2.26. The number of amides is 2. The predicted molar refractivity (Wildman–Crippen MR) is 104 cm³/mol. The second kappa shape index (κ2) is 9.83. The maximum absolute atomic E-state index is 12.4. The molecular formula is C18H13Cl2F3N4O5. The molecule has 0 aliphatic rings. The Bertz CT molecular complexity index is 1120. The van der Waals surface area contributed by atoms with Gasteiger partial charge in [0, 0.05) is 5.56 Å². The fourth-order valence-electron chi connectivity index (χ4n) is 2.40. The summed E-state index contributed by atoms with van der Waals surface area (Å²) < 4.78 is 52.8. The molecule has 3 aromatic rings. The van der Waals surface area contributed by atoms with Gasteiger partial charge in [-0.1, -0.05) is 41.4 Å². The van der Waals surface area contributed by atoms with Crippen LogP contribution >= 0.6 is 23.2 Å². The Kier molecular flexibility index (Phi) is 7.15. The Hall–Kier alpha value is -3.38. The highest BCUT2D eigenvalue weighted by Gasteiger charge is 2.32. The third-order valence-corrected chi connectivity index (χ3v) is 4.55. The fraction of sp³-hybridized carbons (Fsp3) is 0.167. The highest BCUT2D eigenvalue weighted by molar-refractivity contribution is 6.40. The Balaban J connectivity index is 1.49. The smallest absolute Gasteiger partial charge is 0.454 e. The number of carbonyl (C=O) groups is 2. The van der Waals surface area contributed by atoms with Crippen LogP contribution in [0, 0.1) is 0 Å². The molecule has 32 heavy (non-hydrogen) atoms. The lowest BCUT2D eigenvalue weighted by molar-refractivity contribution is -0.275. The summed E-state index contributed by atoms with van der Waals surface area (Å²) in [7, 11) is 0. The molecule has 1 aromatic carbocycles. The largest absolute Gasteiger partial charge is 0.573 e. The zero-order chi connectivity index (χ0) is 23.3. The first-order chi connectivity index (χ1) is 15.1. The molecule has 0 bridgehead atoms. The Morgan fingerprint density at radius 3 is 2.56 bits per heavy atom. The van der Waals surface area contributed by atoms with Gasteiger partial charge in [0.15, 0.2) is 10.9 Å². The summed E-state index contributed by atoms with van der Waals surface area (Å²) in [5.41, 5.74) is 3.97. The van der Waals surface area contributed by atoms with Crippen molar-refractivity contribution in [2.24, 2.45) is 0 Å². The Labute approximate surface area is 188 Å². The number of para-hydroxylation sites is 1. The quantitative estimate of drug-likeness (QED) is 0.496. The number of furan rings is 1. The lowest BCUT2D eigenvalue weighted by atomic mass is 10.2. The maximum atomic E-state index is 12.4. The molecule has 0 unspecified atom stereocenters. The van der Waals surface area contributed by atoms with Crippen LogP contribution in [-0.4, -0.2) is 27.9 Å². The summed E-state index contributed by atoms with van der Waals surface area (Å²) >= 11 is 11.7. The molecule has 170 valence electrons. The average Bonchev–Trinajstić information content (AvgIpc) is 3.32. The minimum Gasteiger partial charge on any atom is -0.454 e. The van der Waals surface area contributed by atoms with Crippen LogP contribution in [0.1, 0.15) is 21.9 Å². The number of alkyl halides is 3. The van der Waals surface area contributed by atoms with Crippen molar-refractivity contribution in [2.75, 3.05) is 0 Å². The van der Waals surface area contributed by atoms with Crippen LogP contribution in [-0.2, 0) is 17.9 Å². The van der Waals surface area contributed by atoms with Crippen LogP contribution in [0.2, 0.25) is 10.3 Å². The number of nitrogens with zero attached hydrogens (tertiary/aromatic N) is 2. The van der Waals surface area contributed by atoms with Gasteiger partial charge in [0.25, 0.3) is 0 Å². The lowest BCUT2D eigenvalue weighted by Crippen LogP contribution is -2.41. The van der Waals surface area contributed by atoms with E-state index in [2.05, 4.69) is 9.72 Å². The number of ether oxygens (including phenoxy) is 2. The zero-order valence-corrected chi connectivity index (χ0v) is 17.3. The van der Waals surface area contributed by atoms with E-state index < -0.39 is 30.7 Å². The molecule has 2 aromatic heterocycles. The summed E-state index contributed by atoms with van der Waals surface area (Å²) in [4.78, 5) is 27.7. The van der Waals surface area contributed by atoms with Crippen molar-refractivity contribution in [1.29, 1.82) is 0 Å². The van der Waals surface area contributed by atoms with E-state index in [9.17, 15) is 22.8 Å². The van der Waals surface area contributed by atoms with E-state index in [-0.39, 0.29) is 28.2 Å². The number of hydrogen-bond donors (Lipinski definition) is 2. The molecule has 0 radical (unpaired) electrons. The normalized spacial score (nSPS) is 11.2. The molecule has 2 amide bonds. The number of aromatic nitrogens is 2. The number of halogens is 5. The van der Waals surface area contributed by atoms with Gasteiger partial charge in [-0.2, -0.15) is 0 Å². The molecule has 2 heterocycles. The van der Waals surface area contributed by atoms with Crippen molar-refractivity contribution in [1.82, 2.24) is 20.4 Å². The summed E-state index contributed by atoms with van der Waals surface area (Å²) in [6.07, 6.45) is -4.63. The van der Waals surface area contributed by atoms with Crippen molar-refractivity contribution in [3.63, 3.8) is 0 Å². The molecule has 0 saturated carbocycles. The minimum atomic E-state index is -4.90. The molecule has 14 heteroatoms. The second-order valence-electron chi connectivity index (χ2n) is 6.03. The van der Waals surface area contributed by atoms with Crippen LogP contribution in [0.15, 0.2) is 47.1 Å². The van der Waals surface area contributed by atoms with E-state index in [4.69, 9.17) is 32.4 Å². The van der Waals surface area contributed by atoms with E-state index >= 15 is 0 Å². The van der Waals surface area contributed by atoms with Gasteiger partial charge < -0.3 is 18.5 Å². The molecular weight excluding hydrogens is 480 g/mol. The number of carbonyl (C=O) groups excluding carboxylic acids is 2. The molecule has 0 spiro atoms. The monoisotopic (exact) mass is 492 g/mol. The fourth-order valence-corrected chi connectivity index (χ4v) is 2.71. The standard InChI is InChI=1S/C18H13Cl2F3N4O5/c19-14-15(20)27(9-24-14)7-11-5-6-13(31-11)16(28)25-26-17(29)30-8-10-3-1-2-4-12(10)32-18(21,22)23/h1-6,9H,7-8H2,(H,25,28)(H,26,29). The van der Waals surface area contributed by atoms with Crippen molar-refractivity contribution in [3.05, 3.63) is 70.1 Å². The molecule has 0 atom stereocenters. The van der Waals surface area contributed by atoms with Gasteiger partial charge in [0.1, 0.15) is 23.3 Å². The number of hydrazine groups is 1.